The molecule has 1 saturated heterocycles. The van der Waals surface area contributed by atoms with Gasteiger partial charge in [0.1, 0.15) is 5.69 Å². The second-order valence-electron chi connectivity index (χ2n) is 7.14. The number of nitrogens with zero attached hydrogens (tertiary/aromatic N) is 3. The molecule has 1 unspecified atom stereocenters. The van der Waals surface area contributed by atoms with E-state index in [-0.39, 0.29) is 11.9 Å². The highest BCUT2D eigenvalue weighted by Gasteiger charge is 2.30. The lowest BCUT2D eigenvalue weighted by Crippen LogP contribution is -2.30. The monoisotopic (exact) mass is 412 g/mol. The van der Waals surface area contributed by atoms with Gasteiger partial charge in [0.25, 0.3) is 0 Å². The Morgan fingerprint density at radius 3 is 2.47 bits per heavy atom. The number of hydrogen-bond acceptors (Lipinski definition) is 4. The summed E-state index contributed by atoms with van der Waals surface area (Å²) in [6.45, 7) is 4.70. The highest BCUT2D eigenvalue weighted by molar-refractivity contribution is 6.00. The summed E-state index contributed by atoms with van der Waals surface area (Å²) < 4.78 is 38.6. The summed E-state index contributed by atoms with van der Waals surface area (Å²) in [5.41, 5.74) is 0.364. The van der Waals surface area contributed by atoms with Crippen LogP contribution >= 0.6 is 0 Å². The maximum absolute atomic E-state index is 12.9. The van der Waals surface area contributed by atoms with Crippen molar-refractivity contribution in [2.45, 2.75) is 18.6 Å². The number of alkyl halides is 3. The topological polar surface area (TPSA) is 58.1 Å². The van der Waals surface area contributed by atoms with E-state index in [4.69, 9.17) is 0 Å². The van der Waals surface area contributed by atoms with E-state index in [1.54, 1.807) is 4.90 Å². The molecule has 4 rings (SSSR count). The first-order valence-corrected chi connectivity index (χ1v) is 9.48. The third-order valence-corrected chi connectivity index (χ3v) is 5.19. The van der Waals surface area contributed by atoms with Gasteiger partial charge < -0.3 is 10.2 Å². The predicted octanol–water partition coefficient (Wildman–Crippen LogP) is 4.51. The standard InChI is InChI=1S/C22H19F3N4O/c1-2-19(30)29-12-11-16(13-29)26-21-18-6-4-3-5-17(18)20(27-28-21)14-7-9-15(10-8-14)22(23,24)25/h2-10,16H,1,11-13H2,(H,26,28). The average Bonchev–Trinajstić information content (AvgIpc) is 3.21. The number of hydrogen-bond donors (Lipinski definition) is 1. The van der Waals surface area contributed by atoms with E-state index in [0.29, 0.717) is 30.2 Å². The minimum Gasteiger partial charge on any atom is -0.363 e. The van der Waals surface area contributed by atoms with Crippen LogP contribution in [0.1, 0.15) is 12.0 Å². The molecule has 1 aliphatic rings. The third-order valence-electron chi connectivity index (χ3n) is 5.19. The van der Waals surface area contributed by atoms with Gasteiger partial charge in [-0.2, -0.15) is 13.2 Å². The molecule has 1 fully saturated rings. The first kappa shape index (κ1) is 19.9. The zero-order valence-corrected chi connectivity index (χ0v) is 16.0. The van der Waals surface area contributed by atoms with Crippen molar-refractivity contribution in [2.24, 2.45) is 0 Å². The van der Waals surface area contributed by atoms with Crippen LogP contribution in [-0.4, -0.2) is 40.1 Å². The Morgan fingerprint density at radius 2 is 1.80 bits per heavy atom. The van der Waals surface area contributed by atoms with E-state index in [9.17, 15) is 18.0 Å². The Labute approximate surface area is 171 Å². The molecule has 1 N–H and O–H groups in total. The van der Waals surface area contributed by atoms with Crippen molar-refractivity contribution in [3.63, 3.8) is 0 Å². The first-order chi connectivity index (χ1) is 14.4. The number of halogens is 3. The smallest absolute Gasteiger partial charge is 0.363 e. The number of rotatable bonds is 4. The Bertz CT molecular complexity index is 1100. The van der Waals surface area contributed by atoms with Gasteiger partial charge in [0.05, 0.1) is 5.56 Å². The molecule has 1 amide bonds. The SMILES string of the molecule is C=CC(=O)N1CCC(Nc2nnc(-c3ccc(C(F)(F)F)cc3)c3ccccc23)C1. The van der Waals surface area contributed by atoms with Gasteiger partial charge in [0.2, 0.25) is 5.91 Å². The number of likely N-dealkylation sites (tertiary alicyclic amines) is 1. The van der Waals surface area contributed by atoms with Gasteiger partial charge in [0, 0.05) is 35.5 Å². The van der Waals surface area contributed by atoms with E-state index in [1.165, 1.54) is 18.2 Å². The molecule has 5 nitrogen and oxygen atoms in total. The quantitative estimate of drug-likeness (QED) is 0.641. The van der Waals surface area contributed by atoms with Gasteiger partial charge in [-0.15, -0.1) is 10.2 Å². The molecule has 3 aromatic rings. The minimum absolute atomic E-state index is 0.0310. The molecule has 0 bridgehead atoms. The van der Waals surface area contributed by atoms with Gasteiger partial charge in [-0.05, 0) is 24.6 Å². The number of carbonyl (C=O) groups excluding carboxylic acids is 1. The van der Waals surface area contributed by atoms with E-state index in [2.05, 4.69) is 22.1 Å². The van der Waals surface area contributed by atoms with Crippen LogP contribution in [0.4, 0.5) is 19.0 Å². The van der Waals surface area contributed by atoms with Gasteiger partial charge in [-0.3, -0.25) is 4.79 Å². The fourth-order valence-electron chi connectivity index (χ4n) is 3.64. The second kappa shape index (κ2) is 7.78. The molecular weight excluding hydrogens is 393 g/mol. The van der Waals surface area contributed by atoms with Crippen molar-refractivity contribution in [3.05, 3.63) is 66.7 Å². The molecule has 0 radical (unpaired) electrons. The van der Waals surface area contributed by atoms with Crippen molar-refractivity contribution in [1.82, 2.24) is 15.1 Å². The van der Waals surface area contributed by atoms with Crippen molar-refractivity contribution in [2.75, 3.05) is 18.4 Å². The van der Waals surface area contributed by atoms with Crippen molar-refractivity contribution >= 4 is 22.5 Å². The van der Waals surface area contributed by atoms with Crippen LogP contribution in [0.25, 0.3) is 22.0 Å². The normalized spacial score (nSPS) is 16.6. The van der Waals surface area contributed by atoms with Gasteiger partial charge in [-0.1, -0.05) is 43.0 Å². The summed E-state index contributed by atoms with van der Waals surface area (Å²) in [6, 6.07) is 12.4. The van der Waals surface area contributed by atoms with Crippen LogP contribution in [0.5, 0.6) is 0 Å². The molecule has 154 valence electrons. The third kappa shape index (κ3) is 3.85. The summed E-state index contributed by atoms with van der Waals surface area (Å²) in [4.78, 5) is 13.5. The summed E-state index contributed by atoms with van der Waals surface area (Å²) in [7, 11) is 0. The number of aromatic nitrogens is 2. The molecule has 30 heavy (non-hydrogen) atoms. The Morgan fingerprint density at radius 1 is 1.10 bits per heavy atom. The molecule has 2 aromatic carbocycles. The zero-order chi connectivity index (χ0) is 21.3. The summed E-state index contributed by atoms with van der Waals surface area (Å²) in [5.74, 6) is 0.479. The highest BCUT2D eigenvalue weighted by atomic mass is 19.4. The lowest BCUT2D eigenvalue weighted by atomic mass is 10.0. The van der Waals surface area contributed by atoms with Crippen LogP contribution in [0.2, 0.25) is 0 Å². The fourth-order valence-corrected chi connectivity index (χ4v) is 3.64. The Hall–Kier alpha value is -3.42. The minimum atomic E-state index is -4.39. The van der Waals surface area contributed by atoms with Gasteiger partial charge in [-0.25, -0.2) is 0 Å². The van der Waals surface area contributed by atoms with Crippen LogP contribution in [-0.2, 0) is 11.0 Å². The fraction of sp³-hybridized carbons (Fsp3) is 0.227. The first-order valence-electron chi connectivity index (χ1n) is 9.48. The number of amides is 1. The number of carbonyl (C=O) groups is 1. The predicted molar refractivity (Wildman–Crippen MR) is 109 cm³/mol. The number of nitrogens with one attached hydrogen (secondary N) is 1. The lowest BCUT2D eigenvalue weighted by molar-refractivity contribution is -0.137. The number of fused-ring (bicyclic) bond motifs is 1. The van der Waals surface area contributed by atoms with E-state index in [1.807, 2.05) is 24.3 Å². The maximum Gasteiger partial charge on any atom is 0.416 e. The number of anilines is 1. The van der Waals surface area contributed by atoms with E-state index in [0.717, 1.165) is 29.3 Å². The molecule has 1 aromatic heterocycles. The maximum atomic E-state index is 12.9. The van der Waals surface area contributed by atoms with Crippen molar-refractivity contribution < 1.29 is 18.0 Å². The van der Waals surface area contributed by atoms with Gasteiger partial charge in [0.15, 0.2) is 5.82 Å². The largest absolute Gasteiger partial charge is 0.416 e. The molecule has 0 spiro atoms. The molecule has 1 atom stereocenters. The molecule has 0 saturated carbocycles. The second-order valence-corrected chi connectivity index (χ2v) is 7.14. The Balaban J connectivity index is 1.64. The summed E-state index contributed by atoms with van der Waals surface area (Å²) in [5, 5.41) is 13.5. The Kier molecular flexibility index (Phi) is 5.15. The average molecular weight is 412 g/mol. The molecule has 2 heterocycles. The van der Waals surface area contributed by atoms with Gasteiger partial charge >= 0.3 is 6.18 Å². The molecule has 8 heteroatoms. The summed E-state index contributed by atoms with van der Waals surface area (Å²) >= 11 is 0. The van der Waals surface area contributed by atoms with Crippen molar-refractivity contribution in [3.8, 4) is 11.3 Å². The van der Waals surface area contributed by atoms with Crippen LogP contribution in [0, 0.1) is 0 Å². The zero-order valence-electron chi connectivity index (χ0n) is 16.0. The van der Waals surface area contributed by atoms with Crippen LogP contribution in [0.15, 0.2) is 61.2 Å². The highest BCUT2D eigenvalue weighted by Crippen LogP contribution is 2.33. The molecule has 1 aliphatic heterocycles. The lowest BCUT2D eigenvalue weighted by Gasteiger charge is -2.17. The van der Waals surface area contributed by atoms with Crippen LogP contribution < -0.4 is 5.32 Å². The number of benzene rings is 2. The van der Waals surface area contributed by atoms with E-state index < -0.39 is 11.7 Å². The molecular formula is C22H19F3N4O. The molecule has 0 aliphatic carbocycles. The van der Waals surface area contributed by atoms with E-state index >= 15 is 0 Å². The van der Waals surface area contributed by atoms with Crippen LogP contribution in [0.3, 0.4) is 0 Å². The van der Waals surface area contributed by atoms with Crippen molar-refractivity contribution in [1.29, 1.82) is 0 Å². The summed E-state index contributed by atoms with van der Waals surface area (Å²) in [6.07, 6.45) is -2.31.